The number of benzene rings is 2. The van der Waals surface area contributed by atoms with E-state index in [2.05, 4.69) is 15.6 Å². The standard InChI is InChI=1S/C23H29F2N5O.HI/c1-26-23(27-12-10-22(31)29(2)15-17-6-4-3-5-7-17)28-19-11-13-30(16-19)21-9-8-18(24)14-20(21)25;/h3-9,14,19H,10-13,15-16H2,1-2H3,(H2,26,27,28);1H. The smallest absolute Gasteiger partial charge is 0.224 e. The normalized spacial score (nSPS) is 15.8. The van der Waals surface area contributed by atoms with Crippen molar-refractivity contribution in [2.45, 2.75) is 25.4 Å². The van der Waals surface area contributed by atoms with Gasteiger partial charge in [0.15, 0.2) is 5.96 Å². The first-order valence-electron chi connectivity index (χ1n) is 10.4. The molecule has 1 saturated heterocycles. The number of amides is 1. The maximum atomic E-state index is 14.0. The fourth-order valence-corrected chi connectivity index (χ4v) is 3.65. The van der Waals surface area contributed by atoms with E-state index in [-0.39, 0.29) is 35.9 Å². The van der Waals surface area contributed by atoms with E-state index in [0.717, 1.165) is 18.1 Å². The van der Waals surface area contributed by atoms with E-state index >= 15 is 0 Å². The third-order valence-electron chi connectivity index (χ3n) is 5.32. The molecule has 9 heteroatoms. The highest BCUT2D eigenvalue weighted by molar-refractivity contribution is 14.0. The summed E-state index contributed by atoms with van der Waals surface area (Å²) in [7, 11) is 3.47. The predicted octanol–water partition coefficient (Wildman–Crippen LogP) is 3.38. The van der Waals surface area contributed by atoms with Crippen LogP contribution in [0.1, 0.15) is 18.4 Å². The molecule has 1 unspecified atom stereocenters. The zero-order chi connectivity index (χ0) is 22.2. The van der Waals surface area contributed by atoms with Gasteiger partial charge in [0, 0.05) is 58.8 Å². The van der Waals surface area contributed by atoms with Gasteiger partial charge in [0.25, 0.3) is 0 Å². The van der Waals surface area contributed by atoms with Crippen molar-refractivity contribution in [3.05, 3.63) is 65.7 Å². The molecule has 2 aromatic carbocycles. The van der Waals surface area contributed by atoms with E-state index in [1.807, 2.05) is 35.2 Å². The minimum absolute atomic E-state index is 0. The van der Waals surface area contributed by atoms with Crippen LogP contribution in [0.3, 0.4) is 0 Å². The Labute approximate surface area is 205 Å². The lowest BCUT2D eigenvalue weighted by molar-refractivity contribution is -0.130. The summed E-state index contributed by atoms with van der Waals surface area (Å²) in [5.41, 5.74) is 1.49. The van der Waals surface area contributed by atoms with Crippen LogP contribution in [-0.2, 0) is 11.3 Å². The quantitative estimate of drug-likeness (QED) is 0.312. The van der Waals surface area contributed by atoms with Gasteiger partial charge in [-0.2, -0.15) is 0 Å². The summed E-state index contributed by atoms with van der Waals surface area (Å²) in [6, 6.07) is 13.6. The SMILES string of the molecule is CN=C(NCCC(=O)N(C)Cc1ccccc1)NC1CCN(c2ccc(F)cc2F)C1.I. The second-order valence-corrected chi connectivity index (χ2v) is 7.66. The number of guanidine groups is 1. The van der Waals surface area contributed by atoms with Crippen molar-refractivity contribution in [3.63, 3.8) is 0 Å². The summed E-state index contributed by atoms with van der Waals surface area (Å²) in [6.07, 6.45) is 1.15. The average molecular weight is 557 g/mol. The fourth-order valence-electron chi connectivity index (χ4n) is 3.65. The van der Waals surface area contributed by atoms with E-state index < -0.39 is 11.6 Å². The summed E-state index contributed by atoms with van der Waals surface area (Å²) < 4.78 is 27.2. The second kappa shape index (κ2) is 12.6. The molecule has 1 amide bonds. The van der Waals surface area contributed by atoms with Gasteiger partial charge in [0.2, 0.25) is 5.91 Å². The zero-order valence-corrected chi connectivity index (χ0v) is 20.7. The molecule has 1 atom stereocenters. The Morgan fingerprint density at radius 2 is 1.97 bits per heavy atom. The Morgan fingerprint density at radius 1 is 1.22 bits per heavy atom. The molecule has 1 aliphatic rings. The molecule has 174 valence electrons. The first-order valence-corrected chi connectivity index (χ1v) is 10.4. The van der Waals surface area contributed by atoms with Crippen molar-refractivity contribution < 1.29 is 13.6 Å². The van der Waals surface area contributed by atoms with Crippen molar-refractivity contribution in [1.82, 2.24) is 15.5 Å². The molecular weight excluding hydrogens is 527 g/mol. The van der Waals surface area contributed by atoms with Crippen LogP contribution < -0.4 is 15.5 Å². The molecule has 0 radical (unpaired) electrons. The van der Waals surface area contributed by atoms with Crippen LogP contribution in [0.2, 0.25) is 0 Å². The van der Waals surface area contributed by atoms with Crippen LogP contribution in [0.25, 0.3) is 0 Å². The molecule has 0 aliphatic carbocycles. The largest absolute Gasteiger partial charge is 0.367 e. The monoisotopic (exact) mass is 557 g/mol. The van der Waals surface area contributed by atoms with Crippen LogP contribution in [-0.4, -0.2) is 56.5 Å². The highest BCUT2D eigenvalue weighted by atomic mass is 127. The number of nitrogens with zero attached hydrogens (tertiary/aromatic N) is 3. The molecule has 1 aliphatic heterocycles. The zero-order valence-electron chi connectivity index (χ0n) is 18.4. The lowest BCUT2D eigenvalue weighted by atomic mass is 10.2. The van der Waals surface area contributed by atoms with Gasteiger partial charge in [-0.1, -0.05) is 30.3 Å². The Morgan fingerprint density at radius 3 is 2.66 bits per heavy atom. The number of carbonyl (C=O) groups is 1. The molecule has 1 fully saturated rings. The molecule has 1 heterocycles. The fraction of sp³-hybridized carbons (Fsp3) is 0.391. The van der Waals surface area contributed by atoms with Crippen LogP contribution >= 0.6 is 24.0 Å². The lowest BCUT2D eigenvalue weighted by Gasteiger charge is -2.21. The molecule has 0 aromatic heterocycles. The van der Waals surface area contributed by atoms with Gasteiger partial charge in [-0.3, -0.25) is 9.79 Å². The van der Waals surface area contributed by atoms with Gasteiger partial charge < -0.3 is 20.4 Å². The summed E-state index contributed by atoms with van der Waals surface area (Å²) in [5, 5.41) is 6.48. The summed E-state index contributed by atoms with van der Waals surface area (Å²) in [5.74, 6) is -0.486. The van der Waals surface area contributed by atoms with Crippen LogP contribution in [0.15, 0.2) is 53.5 Å². The van der Waals surface area contributed by atoms with Crippen LogP contribution in [0.4, 0.5) is 14.5 Å². The summed E-state index contributed by atoms with van der Waals surface area (Å²) in [6.45, 7) is 2.28. The van der Waals surface area contributed by atoms with Gasteiger partial charge in [-0.25, -0.2) is 8.78 Å². The Hall–Kier alpha value is -2.43. The van der Waals surface area contributed by atoms with Gasteiger partial charge in [0.05, 0.1) is 5.69 Å². The van der Waals surface area contributed by atoms with Crippen molar-refractivity contribution >= 4 is 41.5 Å². The van der Waals surface area contributed by atoms with Gasteiger partial charge in [-0.15, -0.1) is 24.0 Å². The first kappa shape index (κ1) is 25.8. The maximum absolute atomic E-state index is 14.0. The molecule has 0 bridgehead atoms. The predicted molar refractivity (Wildman–Crippen MR) is 134 cm³/mol. The van der Waals surface area contributed by atoms with E-state index in [1.165, 1.54) is 12.1 Å². The third kappa shape index (κ3) is 7.32. The number of halogens is 3. The van der Waals surface area contributed by atoms with Gasteiger partial charge in [-0.05, 0) is 24.1 Å². The average Bonchev–Trinajstić information content (AvgIpc) is 3.21. The number of hydrogen-bond acceptors (Lipinski definition) is 3. The molecule has 0 spiro atoms. The van der Waals surface area contributed by atoms with Gasteiger partial charge >= 0.3 is 0 Å². The van der Waals surface area contributed by atoms with E-state index in [9.17, 15) is 13.6 Å². The van der Waals surface area contributed by atoms with Crippen molar-refractivity contribution in [2.75, 3.05) is 38.6 Å². The molecule has 0 saturated carbocycles. The lowest BCUT2D eigenvalue weighted by Crippen LogP contribution is -2.45. The number of carbonyl (C=O) groups excluding carboxylic acids is 1. The topological polar surface area (TPSA) is 60.0 Å². The number of nitrogens with one attached hydrogen (secondary N) is 2. The van der Waals surface area contributed by atoms with E-state index in [1.54, 1.807) is 19.0 Å². The van der Waals surface area contributed by atoms with Crippen molar-refractivity contribution in [2.24, 2.45) is 4.99 Å². The molecule has 6 nitrogen and oxygen atoms in total. The minimum Gasteiger partial charge on any atom is -0.367 e. The second-order valence-electron chi connectivity index (χ2n) is 7.66. The summed E-state index contributed by atoms with van der Waals surface area (Å²) >= 11 is 0. The third-order valence-corrected chi connectivity index (χ3v) is 5.32. The molecular formula is C23H30F2IN5O. The molecule has 3 rings (SSSR count). The van der Waals surface area contributed by atoms with Crippen LogP contribution in [0.5, 0.6) is 0 Å². The van der Waals surface area contributed by atoms with E-state index in [0.29, 0.717) is 44.2 Å². The number of hydrogen-bond donors (Lipinski definition) is 2. The number of aliphatic imine (C=N–C) groups is 1. The highest BCUT2D eigenvalue weighted by Crippen LogP contribution is 2.24. The number of rotatable bonds is 7. The maximum Gasteiger partial charge on any atom is 0.224 e. The Kier molecular flexibility index (Phi) is 10.1. The van der Waals surface area contributed by atoms with E-state index in [4.69, 9.17) is 0 Å². The van der Waals surface area contributed by atoms with Crippen molar-refractivity contribution in [3.8, 4) is 0 Å². The highest BCUT2D eigenvalue weighted by Gasteiger charge is 2.25. The molecule has 32 heavy (non-hydrogen) atoms. The Bertz CT molecular complexity index is 913. The van der Waals surface area contributed by atoms with Crippen molar-refractivity contribution in [1.29, 1.82) is 0 Å². The Balaban J connectivity index is 0.00000363. The van der Waals surface area contributed by atoms with Crippen LogP contribution in [0, 0.1) is 11.6 Å². The summed E-state index contributed by atoms with van der Waals surface area (Å²) in [4.78, 5) is 20.2. The number of anilines is 1. The van der Waals surface area contributed by atoms with Gasteiger partial charge in [0.1, 0.15) is 11.6 Å². The minimum atomic E-state index is -0.580. The first-order chi connectivity index (χ1) is 15.0. The molecule has 2 aromatic rings. The molecule has 2 N–H and O–H groups in total.